The first-order valence-corrected chi connectivity index (χ1v) is 11.8. The Morgan fingerprint density at radius 1 is 0.973 bits per heavy atom. The summed E-state index contributed by atoms with van der Waals surface area (Å²) in [4.78, 5) is 25.2. The van der Waals surface area contributed by atoms with Crippen LogP contribution in [-0.2, 0) is 11.3 Å². The van der Waals surface area contributed by atoms with Crippen LogP contribution in [0.4, 0.5) is 0 Å². The van der Waals surface area contributed by atoms with Crippen LogP contribution in [0.3, 0.4) is 0 Å². The quantitative estimate of drug-likeness (QED) is 0.160. The molecule has 0 atom stereocenters. The van der Waals surface area contributed by atoms with Gasteiger partial charge in [-0.15, -0.1) is 0 Å². The average Bonchev–Trinajstić information content (AvgIpc) is 3.42. The Balaban J connectivity index is 1.73. The minimum atomic E-state index is -0.608. The molecule has 3 aromatic rings. The Bertz CT molecular complexity index is 1250. The number of nitrogens with zero attached hydrogens (tertiary/aromatic N) is 1. The van der Waals surface area contributed by atoms with Gasteiger partial charge in [-0.2, -0.15) is 5.26 Å². The lowest BCUT2D eigenvalue weighted by Crippen LogP contribution is -2.23. The van der Waals surface area contributed by atoms with Crippen LogP contribution in [-0.4, -0.2) is 31.7 Å². The molecule has 1 N–H and O–H groups in total. The molecule has 0 aliphatic heterocycles. The number of furan rings is 1. The summed E-state index contributed by atoms with van der Waals surface area (Å²) >= 11 is 0. The SMILES string of the molecule is CCOc1cc(C(=O)Oc2ccc(/C=C(\C#N)C(=O)NCc3ccco3)cc2)cc(OCC)c1OCC. The van der Waals surface area contributed by atoms with Crippen LogP contribution in [0.15, 0.2) is 64.8 Å². The number of hydrogen-bond acceptors (Lipinski definition) is 8. The van der Waals surface area contributed by atoms with Gasteiger partial charge in [0.05, 0.1) is 38.2 Å². The van der Waals surface area contributed by atoms with Crippen LogP contribution >= 0.6 is 0 Å². The average molecular weight is 505 g/mol. The molecular weight excluding hydrogens is 476 g/mol. The molecule has 2 aromatic carbocycles. The van der Waals surface area contributed by atoms with E-state index in [1.165, 1.54) is 12.3 Å². The van der Waals surface area contributed by atoms with E-state index >= 15 is 0 Å². The fourth-order valence-electron chi connectivity index (χ4n) is 3.30. The van der Waals surface area contributed by atoms with Gasteiger partial charge in [0.25, 0.3) is 5.91 Å². The molecule has 1 amide bonds. The first-order valence-electron chi connectivity index (χ1n) is 11.8. The van der Waals surface area contributed by atoms with E-state index in [9.17, 15) is 14.9 Å². The summed E-state index contributed by atoms with van der Waals surface area (Å²) in [5.74, 6) is 0.928. The molecule has 0 aliphatic carbocycles. The topological polar surface area (TPSA) is 120 Å². The molecule has 0 spiro atoms. The molecular formula is C28H28N2O7. The van der Waals surface area contributed by atoms with E-state index in [1.54, 1.807) is 48.5 Å². The zero-order chi connectivity index (χ0) is 26.6. The predicted octanol–water partition coefficient (Wildman–Crippen LogP) is 4.92. The summed E-state index contributed by atoms with van der Waals surface area (Å²) in [6.07, 6.45) is 2.95. The maximum absolute atomic E-state index is 12.9. The Morgan fingerprint density at radius 2 is 1.62 bits per heavy atom. The molecule has 0 fully saturated rings. The van der Waals surface area contributed by atoms with E-state index in [4.69, 9.17) is 23.4 Å². The van der Waals surface area contributed by atoms with Gasteiger partial charge in [0.15, 0.2) is 11.5 Å². The predicted molar refractivity (Wildman–Crippen MR) is 135 cm³/mol. The Hall–Kier alpha value is -4.71. The van der Waals surface area contributed by atoms with Crippen LogP contribution in [0, 0.1) is 11.3 Å². The minimum Gasteiger partial charge on any atom is -0.490 e. The smallest absolute Gasteiger partial charge is 0.343 e. The molecule has 0 aliphatic rings. The number of benzene rings is 2. The van der Waals surface area contributed by atoms with Crippen LogP contribution in [0.1, 0.15) is 42.5 Å². The highest BCUT2D eigenvalue weighted by molar-refractivity contribution is 6.01. The zero-order valence-corrected chi connectivity index (χ0v) is 20.9. The molecule has 9 heteroatoms. The van der Waals surface area contributed by atoms with Gasteiger partial charge < -0.3 is 28.7 Å². The summed E-state index contributed by atoms with van der Waals surface area (Å²) in [7, 11) is 0. The highest BCUT2D eigenvalue weighted by atomic mass is 16.5. The van der Waals surface area contributed by atoms with E-state index in [2.05, 4.69) is 5.32 Å². The number of nitriles is 1. The number of esters is 1. The van der Waals surface area contributed by atoms with Crippen molar-refractivity contribution in [1.82, 2.24) is 5.32 Å². The number of rotatable bonds is 12. The highest BCUT2D eigenvalue weighted by Crippen LogP contribution is 2.39. The summed E-state index contributed by atoms with van der Waals surface area (Å²) < 4.78 is 27.7. The van der Waals surface area contributed by atoms with Gasteiger partial charge in [-0.25, -0.2) is 4.79 Å². The van der Waals surface area contributed by atoms with Crippen molar-refractivity contribution in [1.29, 1.82) is 5.26 Å². The number of carbonyl (C=O) groups excluding carboxylic acids is 2. The van der Waals surface area contributed by atoms with E-state index in [-0.39, 0.29) is 23.4 Å². The van der Waals surface area contributed by atoms with Gasteiger partial charge in [-0.05, 0) is 68.8 Å². The standard InChI is InChI=1S/C28H28N2O7/c1-4-33-24-15-20(16-25(34-5-2)26(24)35-6-3)28(32)37-22-11-9-19(10-12-22)14-21(17-29)27(31)30-18-23-8-7-13-36-23/h7-16H,4-6,18H2,1-3H3,(H,30,31)/b21-14+. The Labute approximate surface area is 215 Å². The number of amides is 1. The van der Waals surface area contributed by atoms with Crippen molar-refractivity contribution in [3.05, 3.63) is 77.3 Å². The molecule has 37 heavy (non-hydrogen) atoms. The molecule has 1 aromatic heterocycles. The third-order valence-corrected chi connectivity index (χ3v) is 4.91. The molecule has 0 unspecified atom stereocenters. The van der Waals surface area contributed by atoms with E-state index < -0.39 is 11.9 Å². The van der Waals surface area contributed by atoms with Crippen molar-refractivity contribution >= 4 is 18.0 Å². The van der Waals surface area contributed by atoms with Crippen LogP contribution in [0.2, 0.25) is 0 Å². The molecule has 0 bridgehead atoms. The van der Waals surface area contributed by atoms with Gasteiger partial charge in [0, 0.05) is 0 Å². The summed E-state index contributed by atoms with van der Waals surface area (Å²) in [6.45, 7) is 6.84. The van der Waals surface area contributed by atoms with Crippen LogP contribution in [0.25, 0.3) is 6.08 Å². The fourth-order valence-corrected chi connectivity index (χ4v) is 3.30. The van der Waals surface area contributed by atoms with Crippen LogP contribution in [0.5, 0.6) is 23.0 Å². The number of ether oxygens (including phenoxy) is 4. The fraction of sp³-hybridized carbons (Fsp3) is 0.250. The third-order valence-electron chi connectivity index (χ3n) is 4.91. The van der Waals surface area contributed by atoms with Gasteiger partial charge in [-0.1, -0.05) is 12.1 Å². The monoisotopic (exact) mass is 504 g/mol. The first kappa shape index (κ1) is 26.9. The summed E-state index contributed by atoms with van der Waals surface area (Å²) in [5.41, 5.74) is 0.750. The van der Waals surface area contributed by atoms with E-state index in [1.807, 2.05) is 26.8 Å². The maximum Gasteiger partial charge on any atom is 0.343 e. The van der Waals surface area contributed by atoms with E-state index in [0.717, 1.165) is 0 Å². The third kappa shape index (κ3) is 7.39. The number of hydrogen-bond donors (Lipinski definition) is 1. The molecule has 3 rings (SSSR count). The molecule has 0 radical (unpaired) electrons. The maximum atomic E-state index is 12.9. The Kier molecular flexibility index (Phi) is 9.74. The van der Waals surface area contributed by atoms with Gasteiger partial charge in [0.1, 0.15) is 23.2 Å². The van der Waals surface area contributed by atoms with Crippen LogP contribution < -0.4 is 24.3 Å². The molecule has 9 nitrogen and oxygen atoms in total. The Morgan fingerprint density at radius 3 is 2.16 bits per heavy atom. The zero-order valence-electron chi connectivity index (χ0n) is 20.9. The molecule has 1 heterocycles. The highest BCUT2D eigenvalue weighted by Gasteiger charge is 2.19. The summed E-state index contributed by atoms with van der Waals surface area (Å²) in [6, 6.07) is 14.8. The summed E-state index contributed by atoms with van der Waals surface area (Å²) in [5, 5.41) is 12.0. The van der Waals surface area contributed by atoms with Crippen molar-refractivity contribution in [3.63, 3.8) is 0 Å². The number of nitrogens with one attached hydrogen (secondary N) is 1. The lowest BCUT2D eigenvalue weighted by molar-refractivity contribution is -0.117. The lowest BCUT2D eigenvalue weighted by atomic mass is 10.1. The molecule has 192 valence electrons. The largest absolute Gasteiger partial charge is 0.490 e. The van der Waals surface area contributed by atoms with Crippen molar-refractivity contribution in [2.24, 2.45) is 0 Å². The van der Waals surface area contributed by atoms with Gasteiger partial charge in [0.2, 0.25) is 5.75 Å². The van der Waals surface area contributed by atoms with Crippen molar-refractivity contribution in [2.45, 2.75) is 27.3 Å². The van der Waals surface area contributed by atoms with Crippen molar-refractivity contribution in [2.75, 3.05) is 19.8 Å². The minimum absolute atomic E-state index is 0.0717. The van der Waals surface area contributed by atoms with Gasteiger partial charge >= 0.3 is 5.97 Å². The lowest BCUT2D eigenvalue weighted by Gasteiger charge is -2.16. The normalized spacial score (nSPS) is 10.8. The first-order chi connectivity index (χ1) is 18.0. The molecule has 0 saturated carbocycles. The second kappa shape index (κ2) is 13.4. The van der Waals surface area contributed by atoms with Crippen molar-refractivity contribution in [3.8, 4) is 29.1 Å². The van der Waals surface area contributed by atoms with Gasteiger partial charge in [-0.3, -0.25) is 4.79 Å². The second-order valence-electron chi connectivity index (χ2n) is 7.49. The number of carbonyl (C=O) groups is 2. The van der Waals surface area contributed by atoms with Crippen molar-refractivity contribution < 1.29 is 33.0 Å². The molecule has 0 saturated heterocycles. The second-order valence-corrected chi connectivity index (χ2v) is 7.49. The van der Waals surface area contributed by atoms with E-state index in [0.29, 0.717) is 48.4 Å².